The number of aryl methyl sites for hydroxylation is 1. The first-order valence-electron chi connectivity index (χ1n) is 6.20. The van der Waals surface area contributed by atoms with Crippen LogP contribution in [0.15, 0.2) is 60.0 Å². The molecule has 1 heterocycles. The molecule has 118 valence electrons. The van der Waals surface area contributed by atoms with E-state index in [1.165, 1.54) is 0 Å². The molecule has 7 nitrogen and oxygen atoms in total. The Morgan fingerprint density at radius 2 is 1.59 bits per heavy atom. The van der Waals surface area contributed by atoms with Crippen molar-refractivity contribution in [2.24, 2.45) is 12.1 Å². The lowest BCUT2D eigenvalue weighted by atomic mass is 10.3. The SMILES string of the molecule is CN(N=Cc1cc[n+](C)cc1)c1ccccc1.O=S(=O)([O-])[O-]. The summed E-state index contributed by atoms with van der Waals surface area (Å²) in [5, 5.41) is 6.25. The molecule has 0 bridgehead atoms. The zero-order valence-corrected chi connectivity index (χ0v) is 13.0. The number of hydrogen-bond donors (Lipinski definition) is 0. The van der Waals surface area contributed by atoms with Gasteiger partial charge in [-0.05, 0) is 12.1 Å². The minimum atomic E-state index is -5.17. The van der Waals surface area contributed by atoms with E-state index in [-0.39, 0.29) is 0 Å². The van der Waals surface area contributed by atoms with Crippen LogP contribution in [0.3, 0.4) is 0 Å². The molecule has 0 radical (unpaired) electrons. The van der Waals surface area contributed by atoms with Crippen molar-refractivity contribution >= 4 is 22.3 Å². The summed E-state index contributed by atoms with van der Waals surface area (Å²) in [5.41, 5.74) is 2.16. The molecule has 0 amide bonds. The average molecular weight is 322 g/mol. The van der Waals surface area contributed by atoms with Crippen molar-refractivity contribution in [3.05, 3.63) is 60.4 Å². The predicted molar refractivity (Wildman–Crippen MR) is 80.5 cm³/mol. The highest BCUT2D eigenvalue weighted by Crippen LogP contribution is 2.10. The Kier molecular flexibility index (Phi) is 6.64. The lowest BCUT2D eigenvalue weighted by Crippen LogP contribution is -2.25. The molecule has 0 spiro atoms. The fourth-order valence-corrected chi connectivity index (χ4v) is 1.46. The van der Waals surface area contributed by atoms with Gasteiger partial charge in [0.15, 0.2) is 12.4 Å². The van der Waals surface area contributed by atoms with Gasteiger partial charge in [0.25, 0.3) is 0 Å². The Hall–Kier alpha value is -2.29. The van der Waals surface area contributed by atoms with Crippen LogP contribution < -0.4 is 9.58 Å². The Morgan fingerprint density at radius 3 is 2.09 bits per heavy atom. The van der Waals surface area contributed by atoms with E-state index in [1.54, 1.807) is 0 Å². The highest BCUT2D eigenvalue weighted by atomic mass is 32.3. The lowest BCUT2D eigenvalue weighted by Gasteiger charge is -2.11. The van der Waals surface area contributed by atoms with Crippen molar-refractivity contribution in [3.63, 3.8) is 0 Å². The minimum absolute atomic E-state index is 1.07. The number of rotatable bonds is 3. The van der Waals surface area contributed by atoms with Gasteiger partial charge in [0.05, 0.1) is 11.9 Å². The van der Waals surface area contributed by atoms with E-state index in [9.17, 15) is 0 Å². The minimum Gasteiger partial charge on any atom is -0.759 e. The molecule has 1 aromatic carbocycles. The molecule has 0 saturated heterocycles. The number of nitrogens with zero attached hydrogens (tertiary/aromatic N) is 3. The van der Waals surface area contributed by atoms with Crippen molar-refractivity contribution in [1.29, 1.82) is 0 Å². The normalized spacial score (nSPS) is 10.9. The fraction of sp³-hybridized carbons (Fsp3) is 0.143. The summed E-state index contributed by atoms with van der Waals surface area (Å²) < 4.78 is 36.1. The monoisotopic (exact) mass is 322 g/mol. The highest BCUT2D eigenvalue weighted by Gasteiger charge is 1.96. The zero-order chi connectivity index (χ0) is 16.6. The number of para-hydroxylation sites is 1. The first kappa shape index (κ1) is 17.8. The molecule has 0 unspecified atom stereocenters. The quantitative estimate of drug-likeness (QED) is 0.271. The summed E-state index contributed by atoms with van der Waals surface area (Å²) in [5.74, 6) is 0. The van der Waals surface area contributed by atoms with Gasteiger partial charge in [0.2, 0.25) is 0 Å². The van der Waals surface area contributed by atoms with Crippen molar-refractivity contribution in [1.82, 2.24) is 0 Å². The summed E-state index contributed by atoms with van der Waals surface area (Å²) in [4.78, 5) is 0. The third-order valence-electron chi connectivity index (χ3n) is 2.51. The lowest BCUT2D eigenvalue weighted by molar-refractivity contribution is -0.671. The number of anilines is 1. The number of benzene rings is 1. The van der Waals surface area contributed by atoms with E-state index < -0.39 is 10.4 Å². The molecule has 22 heavy (non-hydrogen) atoms. The maximum atomic E-state index is 8.52. The van der Waals surface area contributed by atoms with Crippen LogP contribution in [-0.2, 0) is 17.4 Å². The maximum absolute atomic E-state index is 8.52. The van der Waals surface area contributed by atoms with E-state index in [0.717, 1.165) is 11.3 Å². The third-order valence-corrected chi connectivity index (χ3v) is 2.51. The molecule has 0 atom stereocenters. The van der Waals surface area contributed by atoms with Crippen LogP contribution in [0, 0.1) is 0 Å². The van der Waals surface area contributed by atoms with E-state index in [4.69, 9.17) is 17.5 Å². The van der Waals surface area contributed by atoms with E-state index in [1.807, 2.05) is 84.7 Å². The van der Waals surface area contributed by atoms with Crippen LogP contribution >= 0.6 is 0 Å². The second-order valence-corrected chi connectivity index (χ2v) is 5.13. The molecule has 8 heteroatoms. The van der Waals surface area contributed by atoms with Gasteiger partial charge < -0.3 is 9.11 Å². The van der Waals surface area contributed by atoms with Crippen LogP contribution in [0.1, 0.15) is 5.56 Å². The third kappa shape index (κ3) is 8.10. The average Bonchev–Trinajstić information content (AvgIpc) is 2.45. The molecule has 1 aromatic heterocycles. The van der Waals surface area contributed by atoms with Crippen LogP contribution in [0.25, 0.3) is 0 Å². The molecule has 0 saturated carbocycles. The predicted octanol–water partition coefficient (Wildman–Crippen LogP) is 0.643. The number of aromatic nitrogens is 1. The molecule has 0 aliphatic rings. The molecule has 2 rings (SSSR count). The van der Waals surface area contributed by atoms with Crippen molar-refractivity contribution in [2.45, 2.75) is 0 Å². The van der Waals surface area contributed by atoms with Gasteiger partial charge in [-0.3, -0.25) is 13.4 Å². The van der Waals surface area contributed by atoms with Crippen LogP contribution in [0.4, 0.5) is 5.69 Å². The van der Waals surface area contributed by atoms with Gasteiger partial charge in [-0.2, -0.15) is 5.10 Å². The molecular weight excluding hydrogens is 306 g/mol. The number of pyridine rings is 1. The fourth-order valence-electron chi connectivity index (χ4n) is 1.46. The van der Waals surface area contributed by atoms with Crippen molar-refractivity contribution in [2.75, 3.05) is 12.1 Å². The van der Waals surface area contributed by atoms with Gasteiger partial charge in [0, 0.05) is 35.1 Å². The van der Waals surface area contributed by atoms with Crippen LogP contribution in [0.2, 0.25) is 0 Å². The van der Waals surface area contributed by atoms with Crippen molar-refractivity contribution in [3.8, 4) is 0 Å². The van der Waals surface area contributed by atoms with Gasteiger partial charge in [0.1, 0.15) is 7.05 Å². The summed E-state index contributed by atoms with van der Waals surface area (Å²) in [6.07, 6.45) is 5.86. The first-order valence-corrected chi connectivity index (χ1v) is 7.54. The Labute approximate surface area is 129 Å². The van der Waals surface area contributed by atoms with Gasteiger partial charge >= 0.3 is 0 Å². The van der Waals surface area contributed by atoms with E-state index in [0.29, 0.717) is 0 Å². The first-order chi connectivity index (χ1) is 10.3. The second-order valence-electron chi connectivity index (χ2n) is 4.31. The maximum Gasteiger partial charge on any atom is 0.169 e. The number of hydrazone groups is 1. The Morgan fingerprint density at radius 1 is 1.09 bits per heavy atom. The van der Waals surface area contributed by atoms with E-state index >= 15 is 0 Å². The summed E-state index contributed by atoms with van der Waals surface area (Å²) in [6.45, 7) is 0. The Bertz CT molecular complexity index is 693. The largest absolute Gasteiger partial charge is 0.759 e. The van der Waals surface area contributed by atoms with Crippen molar-refractivity contribution < 1.29 is 22.1 Å². The topological polar surface area (TPSA) is 99.7 Å². The molecular formula is C14H16N3O4S-. The zero-order valence-electron chi connectivity index (χ0n) is 12.2. The van der Waals surface area contributed by atoms with Gasteiger partial charge in [-0.25, -0.2) is 4.57 Å². The van der Waals surface area contributed by atoms with E-state index in [2.05, 4.69) is 5.10 Å². The van der Waals surface area contributed by atoms with Crippen LogP contribution in [0.5, 0.6) is 0 Å². The van der Waals surface area contributed by atoms with Gasteiger partial charge in [-0.15, -0.1) is 0 Å². The molecule has 0 aliphatic heterocycles. The molecule has 0 aliphatic carbocycles. The molecule has 0 fully saturated rings. The molecule has 2 aromatic rings. The number of hydrogen-bond acceptors (Lipinski definition) is 6. The molecule has 0 N–H and O–H groups in total. The smallest absolute Gasteiger partial charge is 0.169 e. The Balaban J connectivity index is 0.000000422. The summed E-state index contributed by atoms with van der Waals surface area (Å²) in [6, 6.07) is 14.1. The summed E-state index contributed by atoms with van der Waals surface area (Å²) in [7, 11) is -1.23. The second kappa shape index (κ2) is 8.23. The standard InChI is InChI=1S/C14H16N3.H2O4S/c1-16-10-8-13(9-11-16)12-15-17(2)14-6-4-3-5-7-14;1-5(2,3)4/h3-12H,1-2H3;(H2,1,2,3,4)/q+1;/p-2. The highest BCUT2D eigenvalue weighted by molar-refractivity contribution is 7.79. The van der Waals surface area contributed by atoms with Gasteiger partial charge in [-0.1, -0.05) is 18.2 Å². The van der Waals surface area contributed by atoms with Crippen LogP contribution in [-0.4, -0.2) is 30.8 Å². The summed E-state index contributed by atoms with van der Waals surface area (Å²) >= 11 is 0.